The van der Waals surface area contributed by atoms with Crippen LogP contribution in [0.4, 0.5) is 5.95 Å². The zero-order chi connectivity index (χ0) is 19.4. The number of nitrogens with zero attached hydrogens (tertiary/aromatic N) is 3. The summed E-state index contributed by atoms with van der Waals surface area (Å²) in [7, 11) is 0. The summed E-state index contributed by atoms with van der Waals surface area (Å²) in [5, 5.41) is 11.2. The highest BCUT2D eigenvalue weighted by Crippen LogP contribution is 2.43. The van der Waals surface area contributed by atoms with Gasteiger partial charge in [0.2, 0.25) is 5.95 Å². The lowest BCUT2D eigenvalue weighted by Crippen LogP contribution is -2.31. The number of hydrogen-bond donors (Lipinski definition) is 1. The van der Waals surface area contributed by atoms with Gasteiger partial charge in [0, 0.05) is 33.2 Å². The molecule has 0 fully saturated rings. The van der Waals surface area contributed by atoms with E-state index in [2.05, 4.69) is 23.3 Å². The molecule has 1 aromatic carbocycles. The maximum absolute atomic E-state index is 12.8. The minimum atomic E-state index is -0.258. The lowest BCUT2D eigenvalue weighted by atomic mass is 9.87. The summed E-state index contributed by atoms with van der Waals surface area (Å²) in [6.45, 7) is 2.06. The van der Waals surface area contributed by atoms with Crippen LogP contribution in [0.3, 0.4) is 0 Å². The van der Waals surface area contributed by atoms with Gasteiger partial charge in [0.05, 0.1) is 5.02 Å². The van der Waals surface area contributed by atoms with Crippen molar-refractivity contribution in [1.82, 2.24) is 14.8 Å². The number of aromatic nitrogens is 3. The molecule has 1 N–H and O–H groups in total. The van der Waals surface area contributed by atoms with E-state index in [1.807, 2.05) is 16.1 Å². The van der Waals surface area contributed by atoms with Gasteiger partial charge in [0.25, 0.3) is 0 Å². The van der Waals surface area contributed by atoms with E-state index in [-0.39, 0.29) is 11.8 Å². The molecule has 2 aliphatic rings. The van der Waals surface area contributed by atoms with E-state index in [1.54, 1.807) is 23.5 Å². The molecule has 0 bridgehead atoms. The fourth-order valence-electron chi connectivity index (χ4n) is 3.85. The number of Topliss-reactive ketones (excluding diaryl/α,β-unsaturated/α-hetero) is 1. The zero-order valence-corrected chi connectivity index (χ0v) is 17.3. The third-order valence-electron chi connectivity index (χ3n) is 5.19. The van der Waals surface area contributed by atoms with E-state index in [1.165, 1.54) is 0 Å². The predicted molar refractivity (Wildman–Crippen MR) is 112 cm³/mol. The van der Waals surface area contributed by atoms with E-state index >= 15 is 0 Å². The number of allylic oxidation sites excluding steroid dienone is 2. The van der Waals surface area contributed by atoms with Crippen molar-refractivity contribution in [3.8, 4) is 11.4 Å². The molecule has 8 heteroatoms. The SMILES string of the molecule is Cc1ccsc1C1C2=C(CCCC2=O)Nc2nc(-c3ccc(Cl)cc3Cl)nn21. The molecule has 5 rings (SSSR count). The summed E-state index contributed by atoms with van der Waals surface area (Å²) in [5.74, 6) is 1.32. The van der Waals surface area contributed by atoms with Crippen molar-refractivity contribution in [2.75, 3.05) is 5.32 Å². The van der Waals surface area contributed by atoms with Gasteiger partial charge >= 0.3 is 0 Å². The summed E-state index contributed by atoms with van der Waals surface area (Å²) in [4.78, 5) is 18.6. The van der Waals surface area contributed by atoms with Gasteiger partial charge in [0.1, 0.15) is 6.04 Å². The number of fused-ring (bicyclic) bond motifs is 1. The number of ketones is 1. The Hall–Kier alpha value is -2.15. The number of hydrogen-bond acceptors (Lipinski definition) is 5. The Kier molecular flexibility index (Phi) is 4.30. The van der Waals surface area contributed by atoms with Crippen LogP contribution >= 0.6 is 34.5 Å². The zero-order valence-electron chi connectivity index (χ0n) is 15.0. The first kappa shape index (κ1) is 17.9. The summed E-state index contributed by atoms with van der Waals surface area (Å²) < 4.78 is 1.82. The van der Waals surface area contributed by atoms with E-state index < -0.39 is 0 Å². The first-order valence-electron chi connectivity index (χ1n) is 9.02. The quantitative estimate of drug-likeness (QED) is 0.570. The average Bonchev–Trinajstić information content (AvgIpc) is 3.26. The van der Waals surface area contributed by atoms with Crippen LogP contribution in [0.1, 0.15) is 35.7 Å². The number of thiophene rings is 1. The summed E-state index contributed by atoms with van der Waals surface area (Å²) in [6.07, 6.45) is 2.26. The molecule has 1 aliphatic heterocycles. The van der Waals surface area contributed by atoms with E-state index in [0.29, 0.717) is 33.8 Å². The maximum atomic E-state index is 12.8. The van der Waals surface area contributed by atoms with Crippen LogP contribution in [0, 0.1) is 6.92 Å². The molecule has 0 saturated carbocycles. The fourth-order valence-corrected chi connectivity index (χ4v) is 5.36. The molecule has 0 spiro atoms. The van der Waals surface area contributed by atoms with Crippen molar-refractivity contribution in [2.45, 2.75) is 32.2 Å². The lowest BCUT2D eigenvalue weighted by Gasteiger charge is -2.31. The maximum Gasteiger partial charge on any atom is 0.226 e. The number of carbonyl (C=O) groups is 1. The number of rotatable bonds is 2. The van der Waals surface area contributed by atoms with Crippen molar-refractivity contribution < 1.29 is 4.79 Å². The molecule has 2 aromatic heterocycles. The molecule has 1 unspecified atom stereocenters. The fraction of sp³-hybridized carbons (Fsp3) is 0.250. The highest BCUT2D eigenvalue weighted by Gasteiger charge is 2.38. The van der Waals surface area contributed by atoms with Crippen LogP contribution in [0.25, 0.3) is 11.4 Å². The normalized spacial score (nSPS) is 18.7. The average molecular weight is 431 g/mol. The van der Waals surface area contributed by atoms with Crippen molar-refractivity contribution >= 4 is 46.3 Å². The summed E-state index contributed by atoms with van der Waals surface area (Å²) in [5.41, 5.74) is 3.63. The van der Waals surface area contributed by atoms with Gasteiger partial charge in [-0.15, -0.1) is 16.4 Å². The molecule has 1 aliphatic carbocycles. The third kappa shape index (κ3) is 2.79. The molecule has 28 heavy (non-hydrogen) atoms. The predicted octanol–water partition coefficient (Wildman–Crippen LogP) is 5.64. The second kappa shape index (κ2) is 6.72. The van der Waals surface area contributed by atoms with E-state index in [9.17, 15) is 4.79 Å². The summed E-state index contributed by atoms with van der Waals surface area (Å²) >= 11 is 14.0. The largest absolute Gasteiger partial charge is 0.328 e. The van der Waals surface area contributed by atoms with E-state index in [0.717, 1.165) is 34.6 Å². The number of carbonyl (C=O) groups excluding carboxylic acids is 1. The molecule has 1 atom stereocenters. The first-order valence-corrected chi connectivity index (χ1v) is 10.7. The molecule has 142 valence electrons. The van der Waals surface area contributed by atoms with Crippen LogP contribution in [-0.4, -0.2) is 20.5 Å². The number of nitrogens with one attached hydrogen (secondary N) is 1. The van der Waals surface area contributed by atoms with Crippen LogP contribution in [0.2, 0.25) is 10.0 Å². The van der Waals surface area contributed by atoms with Crippen molar-refractivity contribution in [2.24, 2.45) is 0 Å². The monoisotopic (exact) mass is 430 g/mol. The Morgan fingerprint density at radius 2 is 2.11 bits per heavy atom. The van der Waals surface area contributed by atoms with Gasteiger partial charge in [-0.05, 0) is 55.0 Å². The summed E-state index contributed by atoms with van der Waals surface area (Å²) in [6, 6.07) is 7.08. The molecule has 0 saturated heterocycles. The third-order valence-corrected chi connectivity index (χ3v) is 6.81. The Morgan fingerprint density at radius 1 is 1.25 bits per heavy atom. The highest BCUT2D eigenvalue weighted by molar-refractivity contribution is 7.10. The number of benzene rings is 1. The minimum Gasteiger partial charge on any atom is -0.328 e. The lowest BCUT2D eigenvalue weighted by molar-refractivity contribution is -0.116. The molecule has 0 amide bonds. The van der Waals surface area contributed by atoms with Crippen LogP contribution in [0.5, 0.6) is 0 Å². The Bertz CT molecular complexity index is 1150. The number of halogens is 2. The van der Waals surface area contributed by atoms with Gasteiger partial charge in [-0.3, -0.25) is 4.79 Å². The van der Waals surface area contributed by atoms with Gasteiger partial charge in [-0.25, -0.2) is 4.68 Å². The topological polar surface area (TPSA) is 59.8 Å². The number of anilines is 1. The smallest absolute Gasteiger partial charge is 0.226 e. The molecule has 3 heterocycles. The molecule has 3 aromatic rings. The molecular weight excluding hydrogens is 415 g/mol. The highest BCUT2D eigenvalue weighted by atomic mass is 35.5. The van der Waals surface area contributed by atoms with E-state index in [4.69, 9.17) is 28.3 Å². The standard InChI is InChI=1S/C20H16Cl2N4OS/c1-10-7-8-28-18(10)17-16-14(3-2-4-15(16)27)23-20-24-19(25-26(17)20)12-6-5-11(21)9-13(12)22/h5-9,17H,2-4H2,1H3,(H,23,24,25). The Balaban J connectivity index is 1.69. The second-order valence-electron chi connectivity index (χ2n) is 6.99. The molecular formula is C20H16Cl2N4OS. The number of aryl methyl sites for hydroxylation is 1. The first-order chi connectivity index (χ1) is 13.5. The van der Waals surface area contributed by atoms with Crippen LogP contribution in [-0.2, 0) is 4.79 Å². The van der Waals surface area contributed by atoms with Gasteiger partial charge in [0.15, 0.2) is 11.6 Å². The van der Waals surface area contributed by atoms with Gasteiger partial charge in [-0.1, -0.05) is 23.2 Å². The van der Waals surface area contributed by atoms with Crippen molar-refractivity contribution in [3.63, 3.8) is 0 Å². The minimum absolute atomic E-state index is 0.179. The van der Waals surface area contributed by atoms with Crippen LogP contribution in [0.15, 0.2) is 40.9 Å². The van der Waals surface area contributed by atoms with Crippen molar-refractivity contribution in [1.29, 1.82) is 0 Å². The molecule has 0 radical (unpaired) electrons. The van der Waals surface area contributed by atoms with Crippen LogP contribution < -0.4 is 5.32 Å². The van der Waals surface area contributed by atoms with Gasteiger partial charge < -0.3 is 5.32 Å². The molecule has 5 nitrogen and oxygen atoms in total. The Labute approximate surface area is 176 Å². The Morgan fingerprint density at radius 3 is 2.86 bits per heavy atom. The van der Waals surface area contributed by atoms with Crippen molar-refractivity contribution in [3.05, 3.63) is 61.4 Å². The second-order valence-corrected chi connectivity index (χ2v) is 8.78. The van der Waals surface area contributed by atoms with Gasteiger partial charge in [-0.2, -0.15) is 4.98 Å².